The summed E-state index contributed by atoms with van der Waals surface area (Å²) < 4.78 is 2.09. The van der Waals surface area contributed by atoms with Crippen LogP contribution in [0.2, 0.25) is 0 Å². The van der Waals surface area contributed by atoms with E-state index >= 15 is 0 Å². The van der Waals surface area contributed by atoms with Gasteiger partial charge in [0.2, 0.25) is 0 Å². The molecule has 94 valence electrons. The van der Waals surface area contributed by atoms with Gasteiger partial charge in [0.15, 0.2) is 0 Å². The van der Waals surface area contributed by atoms with Crippen LogP contribution in [0.1, 0.15) is 25.6 Å². The van der Waals surface area contributed by atoms with Gasteiger partial charge in [0, 0.05) is 7.05 Å². The maximum Gasteiger partial charge on any atom is 0.121 e. The first-order valence-corrected chi connectivity index (χ1v) is 6.36. The van der Waals surface area contributed by atoms with Crippen molar-refractivity contribution in [1.29, 1.82) is 0 Å². The Labute approximate surface area is 108 Å². The average Bonchev–Trinajstić information content (AvgIpc) is 2.68. The summed E-state index contributed by atoms with van der Waals surface area (Å²) in [4.78, 5) is 4.57. The Morgan fingerprint density at radius 2 is 2.17 bits per heavy atom. The van der Waals surface area contributed by atoms with Gasteiger partial charge in [-0.25, -0.2) is 4.98 Å². The minimum atomic E-state index is -0.00955. The third-order valence-corrected chi connectivity index (χ3v) is 3.01. The van der Waals surface area contributed by atoms with Crippen LogP contribution in [0.4, 0.5) is 0 Å². The van der Waals surface area contributed by atoms with E-state index in [4.69, 9.17) is 5.73 Å². The summed E-state index contributed by atoms with van der Waals surface area (Å²) in [6.45, 7) is 2.12. The predicted molar refractivity (Wildman–Crippen MR) is 75.1 cm³/mol. The quantitative estimate of drug-likeness (QED) is 0.838. The van der Waals surface area contributed by atoms with Crippen molar-refractivity contribution >= 4 is 11.0 Å². The summed E-state index contributed by atoms with van der Waals surface area (Å²) in [7, 11) is 2.03. The first-order valence-electron chi connectivity index (χ1n) is 6.36. The Hall–Kier alpha value is -1.79. The van der Waals surface area contributed by atoms with Gasteiger partial charge < -0.3 is 10.3 Å². The maximum absolute atomic E-state index is 5.86. The molecule has 1 unspecified atom stereocenters. The number of benzene rings is 1. The highest BCUT2D eigenvalue weighted by Crippen LogP contribution is 2.14. The molecule has 0 bridgehead atoms. The van der Waals surface area contributed by atoms with Gasteiger partial charge in [-0.3, -0.25) is 0 Å². The van der Waals surface area contributed by atoms with Gasteiger partial charge in [-0.1, -0.05) is 37.3 Å². The Balaban J connectivity index is 2.15. The highest BCUT2D eigenvalue weighted by molar-refractivity contribution is 5.75. The molecule has 0 saturated heterocycles. The van der Waals surface area contributed by atoms with E-state index in [0.29, 0.717) is 6.42 Å². The standard InChI is InChI=1S/C15H19N3/c1-3-7-12(16)8-6-11-15-17-13-9-4-5-10-14(13)18(15)2/h4-5,9-10,12H,3,7,11,16H2,1-2H3. The van der Waals surface area contributed by atoms with Crippen molar-refractivity contribution in [2.24, 2.45) is 12.8 Å². The molecule has 1 aromatic heterocycles. The number of imidazole rings is 1. The minimum Gasteiger partial charge on any atom is -0.330 e. The van der Waals surface area contributed by atoms with Crippen molar-refractivity contribution in [3.05, 3.63) is 30.1 Å². The van der Waals surface area contributed by atoms with Crippen LogP contribution in [0, 0.1) is 11.8 Å². The van der Waals surface area contributed by atoms with E-state index in [1.54, 1.807) is 0 Å². The molecular weight excluding hydrogens is 222 g/mol. The van der Waals surface area contributed by atoms with Crippen LogP contribution >= 0.6 is 0 Å². The molecular formula is C15H19N3. The van der Waals surface area contributed by atoms with Gasteiger partial charge in [-0.2, -0.15) is 0 Å². The summed E-state index contributed by atoms with van der Waals surface area (Å²) in [6.07, 6.45) is 2.68. The average molecular weight is 241 g/mol. The topological polar surface area (TPSA) is 43.8 Å². The molecule has 0 saturated carbocycles. The molecule has 1 heterocycles. The SMILES string of the molecule is CCCC(N)C#CCc1nc2ccccc2n1C. The molecule has 1 aromatic carbocycles. The van der Waals surface area contributed by atoms with Crippen molar-refractivity contribution in [3.8, 4) is 11.8 Å². The Morgan fingerprint density at radius 3 is 2.89 bits per heavy atom. The van der Waals surface area contributed by atoms with Crippen molar-refractivity contribution in [2.45, 2.75) is 32.2 Å². The van der Waals surface area contributed by atoms with Gasteiger partial charge in [-0.15, -0.1) is 0 Å². The molecule has 0 fully saturated rings. The van der Waals surface area contributed by atoms with Gasteiger partial charge >= 0.3 is 0 Å². The normalized spacial score (nSPS) is 12.2. The molecule has 1 atom stereocenters. The zero-order chi connectivity index (χ0) is 13.0. The number of aromatic nitrogens is 2. The first kappa shape index (κ1) is 12.7. The second-order valence-electron chi connectivity index (χ2n) is 4.47. The summed E-state index contributed by atoms with van der Waals surface area (Å²) >= 11 is 0. The lowest BCUT2D eigenvalue weighted by atomic mass is 10.2. The fourth-order valence-corrected chi connectivity index (χ4v) is 2.00. The van der Waals surface area contributed by atoms with Crippen LogP contribution < -0.4 is 5.73 Å². The third-order valence-electron chi connectivity index (χ3n) is 3.01. The van der Waals surface area contributed by atoms with Crippen LogP contribution in [0.25, 0.3) is 11.0 Å². The van der Waals surface area contributed by atoms with Crippen LogP contribution in [0.5, 0.6) is 0 Å². The number of nitrogens with zero attached hydrogens (tertiary/aromatic N) is 2. The highest BCUT2D eigenvalue weighted by Gasteiger charge is 2.05. The molecule has 18 heavy (non-hydrogen) atoms. The minimum absolute atomic E-state index is 0.00955. The number of para-hydroxylation sites is 2. The van der Waals surface area contributed by atoms with Crippen molar-refractivity contribution in [2.75, 3.05) is 0 Å². The van der Waals surface area contributed by atoms with Crippen molar-refractivity contribution in [1.82, 2.24) is 9.55 Å². The number of nitrogens with two attached hydrogens (primary N) is 1. The van der Waals surface area contributed by atoms with Crippen LogP contribution in [-0.2, 0) is 13.5 Å². The van der Waals surface area contributed by atoms with Crippen LogP contribution in [0.3, 0.4) is 0 Å². The molecule has 0 amide bonds. The zero-order valence-electron chi connectivity index (χ0n) is 11.0. The lowest BCUT2D eigenvalue weighted by Gasteiger charge is -1.99. The fourth-order valence-electron chi connectivity index (χ4n) is 2.00. The van der Waals surface area contributed by atoms with Gasteiger partial charge in [-0.05, 0) is 18.6 Å². The van der Waals surface area contributed by atoms with Gasteiger partial charge in [0.25, 0.3) is 0 Å². The molecule has 0 aliphatic rings. The van der Waals surface area contributed by atoms with Gasteiger partial charge in [0.05, 0.1) is 23.5 Å². The van der Waals surface area contributed by atoms with Crippen LogP contribution in [0.15, 0.2) is 24.3 Å². The molecule has 0 spiro atoms. The molecule has 0 radical (unpaired) electrons. The van der Waals surface area contributed by atoms with E-state index in [1.165, 1.54) is 0 Å². The van der Waals surface area contributed by atoms with E-state index in [1.807, 2.05) is 25.2 Å². The van der Waals surface area contributed by atoms with Gasteiger partial charge in [0.1, 0.15) is 5.82 Å². The Morgan fingerprint density at radius 1 is 1.39 bits per heavy atom. The summed E-state index contributed by atoms with van der Waals surface area (Å²) in [5.41, 5.74) is 8.03. The third kappa shape index (κ3) is 2.72. The zero-order valence-corrected chi connectivity index (χ0v) is 11.0. The van der Waals surface area contributed by atoms with Crippen molar-refractivity contribution in [3.63, 3.8) is 0 Å². The summed E-state index contributed by atoms with van der Waals surface area (Å²) in [5, 5.41) is 0. The molecule has 0 aliphatic carbocycles. The fraction of sp³-hybridized carbons (Fsp3) is 0.400. The van der Waals surface area contributed by atoms with E-state index < -0.39 is 0 Å². The Bertz CT molecular complexity index is 587. The second kappa shape index (κ2) is 5.70. The largest absolute Gasteiger partial charge is 0.330 e. The van der Waals surface area contributed by atoms with E-state index in [2.05, 4.69) is 34.4 Å². The molecule has 2 N–H and O–H groups in total. The molecule has 3 heteroatoms. The number of aryl methyl sites for hydroxylation is 1. The summed E-state index contributed by atoms with van der Waals surface area (Å²) in [5.74, 6) is 7.20. The molecule has 2 rings (SSSR count). The first-order chi connectivity index (χ1) is 8.72. The number of hydrogen-bond acceptors (Lipinski definition) is 2. The highest BCUT2D eigenvalue weighted by atomic mass is 15.1. The molecule has 3 nitrogen and oxygen atoms in total. The number of hydrogen-bond donors (Lipinski definition) is 1. The molecule has 0 aliphatic heterocycles. The predicted octanol–water partition coefficient (Wildman–Crippen LogP) is 2.25. The molecule has 2 aromatic rings. The number of fused-ring (bicyclic) bond motifs is 1. The van der Waals surface area contributed by atoms with E-state index in [-0.39, 0.29) is 6.04 Å². The lowest BCUT2D eigenvalue weighted by Crippen LogP contribution is -2.16. The van der Waals surface area contributed by atoms with E-state index in [0.717, 1.165) is 29.7 Å². The lowest BCUT2D eigenvalue weighted by molar-refractivity contribution is 0.719. The second-order valence-corrected chi connectivity index (χ2v) is 4.47. The summed E-state index contributed by atoms with van der Waals surface area (Å²) in [6, 6.07) is 8.11. The smallest absolute Gasteiger partial charge is 0.121 e. The Kier molecular flexibility index (Phi) is 4.01. The van der Waals surface area contributed by atoms with Crippen LogP contribution in [-0.4, -0.2) is 15.6 Å². The monoisotopic (exact) mass is 241 g/mol. The van der Waals surface area contributed by atoms with E-state index in [9.17, 15) is 0 Å². The number of rotatable bonds is 3. The van der Waals surface area contributed by atoms with Crippen molar-refractivity contribution < 1.29 is 0 Å². The maximum atomic E-state index is 5.86.